The van der Waals surface area contributed by atoms with Gasteiger partial charge in [0.1, 0.15) is 0 Å². The summed E-state index contributed by atoms with van der Waals surface area (Å²) in [6, 6.07) is 0. The Hall–Kier alpha value is -0.120. The van der Waals surface area contributed by atoms with Crippen molar-refractivity contribution in [2.45, 2.75) is 57.0 Å². The maximum Gasteiger partial charge on any atom is 0.0771 e. The molecule has 0 spiro atoms. The lowest BCUT2D eigenvalue weighted by Crippen LogP contribution is -2.44. The van der Waals surface area contributed by atoms with E-state index in [0.717, 1.165) is 31.8 Å². The zero-order valence-corrected chi connectivity index (χ0v) is 12.0. The molecule has 3 heteroatoms. The van der Waals surface area contributed by atoms with Crippen LogP contribution in [-0.2, 0) is 0 Å². The van der Waals surface area contributed by atoms with Crippen LogP contribution in [0.1, 0.15) is 51.4 Å². The smallest absolute Gasteiger partial charge is 0.0771 e. The Kier molecular flexibility index (Phi) is 5.46. The SMILES string of the molecule is CN1CCCC(CNCC2(O)CCCCCC2)C1. The molecule has 1 aliphatic carbocycles. The average Bonchev–Trinajstić information content (AvgIpc) is 2.55. The van der Waals surface area contributed by atoms with E-state index in [1.54, 1.807) is 0 Å². The maximum absolute atomic E-state index is 10.6. The third-order valence-electron chi connectivity index (χ3n) is 4.64. The molecule has 18 heavy (non-hydrogen) atoms. The molecule has 1 saturated carbocycles. The van der Waals surface area contributed by atoms with Gasteiger partial charge >= 0.3 is 0 Å². The van der Waals surface area contributed by atoms with E-state index < -0.39 is 5.60 Å². The fourth-order valence-electron chi connectivity index (χ4n) is 3.51. The van der Waals surface area contributed by atoms with Crippen LogP contribution in [0.3, 0.4) is 0 Å². The van der Waals surface area contributed by atoms with Crippen molar-refractivity contribution in [2.75, 3.05) is 33.2 Å². The van der Waals surface area contributed by atoms with Crippen LogP contribution in [0.15, 0.2) is 0 Å². The van der Waals surface area contributed by atoms with Crippen LogP contribution >= 0.6 is 0 Å². The first-order valence-electron chi connectivity index (χ1n) is 7.80. The van der Waals surface area contributed by atoms with Gasteiger partial charge in [0.05, 0.1) is 5.60 Å². The van der Waals surface area contributed by atoms with Crippen LogP contribution in [-0.4, -0.2) is 48.8 Å². The molecule has 2 aliphatic rings. The first kappa shape index (κ1) is 14.3. The van der Waals surface area contributed by atoms with Gasteiger partial charge < -0.3 is 15.3 Å². The quantitative estimate of drug-likeness (QED) is 0.753. The molecular formula is C15H30N2O. The van der Waals surface area contributed by atoms with Crippen molar-refractivity contribution in [3.8, 4) is 0 Å². The summed E-state index contributed by atoms with van der Waals surface area (Å²) in [5.41, 5.74) is -0.420. The molecule has 0 radical (unpaired) electrons. The summed E-state index contributed by atoms with van der Waals surface area (Å²) < 4.78 is 0. The second kappa shape index (κ2) is 6.88. The largest absolute Gasteiger partial charge is 0.389 e. The zero-order chi connectivity index (χ0) is 12.8. The van der Waals surface area contributed by atoms with Crippen molar-refractivity contribution in [1.82, 2.24) is 10.2 Å². The normalized spacial score (nSPS) is 30.0. The average molecular weight is 254 g/mol. The number of nitrogens with one attached hydrogen (secondary N) is 1. The van der Waals surface area contributed by atoms with Crippen molar-refractivity contribution >= 4 is 0 Å². The van der Waals surface area contributed by atoms with Gasteiger partial charge in [0, 0.05) is 13.1 Å². The molecule has 0 amide bonds. The van der Waals surface area contributed by atoms with Crippen LogP contribution < -0.4 is 5.32 Å². The van der Waals surface area contributed by atoms with Gasteiger partial charge in [-0.1, -0.05) is 25.7 Å². The summed E-state index contributed by atoms with van der Waals surface area (Å²) in [7, 11) is 2.21. The second-order valence-corrected chi connectivity index (χ2v) is 6.54. The fourth-order valence-corrected chi connectivity index (χ4v) is 3.51. The number of hydrogen-bond donors (Lipinski definition) is 2. The minimum absolute atomic E-state index is 0.420. The molecule has 1 unspecified atom stereocenters. The monoisotopic (exact) mass is 254 g/mol. The number of likely N-dealkylation sites (tertiary alicyclic amines) is 1. The highest BCUT2D eigenvalue weighted by Gasteiger charge is 2.27. The van der Waals surface area contributed by atoms with E-state index in [9.17, 15) is 5.11 Å². The fraction of sp³-hybridized carbons (Fsp3) is 1.00. The lowest BCUT2D eigenvalue weighted by atomic mass is 9.93. The van der Waals surface area contributed by atoms with E-state index in [-0.39, 0.29) is 0 Å². The first-order valence-corrected chi connectivity index (χ1v) is 7.80. The van der Waals surface area contributed by atoms with Gasteiger partial charge in [-0.3, -0.25) is 0 Å². The predicted molar refractivity (Wildman–Crippen MR) is 75.7 cm³/mol. The van der Waals surface area contributed by atoms with E-state index in [2.05, 4.69) is 17.3 Å². The minimum Gasteiger partial charge on any atom is -0.389 e. The Morgan fingerprint density at radius 2 is 1.89 bits per heavy atom. The lowest BCUT2D eigenvalue weighted by Gasteiger charge is -2.32. The highest BCUT2D eigenvalue weighted by atomic mass is 16.3. The van der Waals surface area contributed by atoms with Gasteiger partial charge in [0.2, 0.25) is 0 Å². The molecule has 1 aliphatic heterocycles. The summed E-state index contributed by atoms with van der Waals surface area (Å²) in [6.45, 7) is 4.34. The molecule has 0 aromatic heterocycles. The minimum atomic E-state index is -0.420. The number of piperidine rings is 1. The summed E-state index contributed by atoms with van der Waals surface area (Å²) in [5, 5.41) is 14.1. The van der Waals surface area contributed by atoms with E-state index >= 15 is 0 Å². The Bertz CT molecular complexity index is 237. The summed E-state index contributed by atoms with van der Waals surface area (Å²) >= 11 is 0. The molecule has 3 nitrogen and oxygen atoms in total. The second-order valence-electron chi connectivity index (χ2n) is 6.54. The molecule has 0 aromatic carbocycles. The molecule has 0 bridgehead atoms. The van der Waals surface area contributed by atoms with E-state index in [0.29, 0.717) is 0 Å². The third-order valence-corrected chi connectivity index (χ3v) is 4.64. The van der Waals surface area contributed by atoms with Crippen molar-refractivity contribution in [1.29, 1.82) is 0 Å². The number of aliphatic hydroxyl groups is 1. The molecule has 2 rings (SSSR count). The standard InChI is InChI=1S/C15H30N2O/c1-17-10-6-7-14(12-17)11-16-13-15(18)8-4-2-3-5-9-15/h14,16,18H,2-13H2,1H3. The van der Waals surface area contributed by atoms with Crippen LogP contribution in [0.4, 0.5) is 0 Å². The van der Waals surface area contributed by atoms with Gasteiger partial charge in [-0.05, 0) is 51.7 Å². The van der Waals surface area contributed by atoms with Crippen LogP contribution in [0.2, 0.25) is 0 Å². The van der Waals surface area contributed by atoms with Crippen LogP contribution in [0.5, 0.6) is 0 Å². The Morgan fingerprint density at radius 1 is 1.17 bits per heavy atom. The lowest BCUT2D eigenvalue weighted by molar-refractivity contribution is 0.0238. The molecule has 1 atom stereocenters. The van der Waals surface area contributed by atoms with Crippen molar-refractivity contribution in [3.63, 3.8) is 0 Å². The van der Waals surface area contributed by atoms with Crippen molar-refractivity contribution in [2.24, 2.45) is 5.92 Å². The van der Waals surface area contributed by atoms with Crippen molar-refractivity contribution in [3.05, 3.63) is 0 Å². The number of nitrogens with zero attached hydrogens (tertiary/aromatic N) is 1. The van der Waals surface area contributed by atoms with Crippen LogP contribution in [0.25, 0.3) is 0 Å². The topological polar surface area (TPSA) is 35.5 Å². The maximum atomic E-state index is 10.6. The van der Waals surface area contributed by atoms with Gasteiger partial charge in [-0.2, -0.15) is 0 Å². The van der Waals surface area contributed by atoms with E-state index in [1.165, 1.54) is 51.6 Å². The molecule has 106 valence electrons. The van der Waals surface area contributed by atoms with E-state index in [4.69, 9.17) is 0 Å². The third kappa shape index (κ3) is 4.52. The van der Waals surface area contributed by atoms with Crippen LogP contribution in [0, 0.1) is 5.92 Å². The van der Waals surface area contributed by atoms with Gasteiger partial charge in [-0.15, -0.1) is 0 Å². The highest BCUT2D eigenvalue weighted by Crippen LogP contribution is 2.26. The molecule has 1 heterocycles. The molecule has 2 fully saturated rings. The van der Waals surface area contributed by atoms with Gasteiger partial charge in [-0.25, -0.2) is 0 Å². The summed E-state index contributed by atoms with van der Waals surface area (Å²) in [4.78, 5) is 2.43. The number of hydrogen-bond acceptors (Lipinski definition) is 3. The van der Waals surface area contributed by atoms with Crippen molar-refractivity contribution < 1.29 is 5.11 Å². The predicted octanol–water partition coefficient (Wildman–Crippen LogP) is 2.00. The first-order chi connectivity index (χ1) is 8.68. The Morgan fingerprint density at radius 3 is 2.56 bits per heavy atom. The molecule has 1 saturated heterocycles. The highest BCUT2D eigenvalue weighted by molar-refractivity contribution is 4.84. The van der Waals surface area contributed by atoms with Gasteiger partial charge in [0.25, 0.3) is 0 Å². The van der Waals surface area contributed by atoms with Gasteiger partial charge in [0.15, 0.2) is 0 Å². The Labute approximate surface area is 112 Å². The molecular weight excluding hydrogens is 224 g/mol. The summed E-state index contributed by atoms with van der Waals surface area (Å²) in [6.07, 6.45) is 9.65. The molecule has 2 N–H and O–H groups in total. The zero-order valence-electron chi connectivity index (χ0n) is 12.0. The molecule has 0 aromatic rings. The number of rotatable bonds is 4. The summed E-state index contributed by atoms with van der Waals surface area (Å²) in [5.74, 6) is 0.776. The Balaban J connectivity index is 1.67. The van der Waals surface area contributed by atoms with E-state index in [1.807, 2.05) is 0 Å².